The molecule has 0 spiro atoms. The summed E-state index contributed by atoms with van der Waals surface area (Å²) in [5.41, 5.74) is 3.47. The van der Waals surface area contributed by atoms with Crippen LogP contribution in [0.25, 0.3) is 22.0 Å². The van der Waals surface area contributed by atoms with Crippen LogP contribution >= 0.6 is 0 Å². The first kappa shape index (κ1) is 19.4. The molecule has 0 N–H and O–H groups in total. The number of hydrogen-bond acceptors (Lipinski definition) is 5. The molecule has 1 fully saturated rings. The van der Waals surface area contributed by atoms with Crippen molar-refractivity contribution in [1.82, 2.24) is 19.3 Å². The highest BCUT2D eigenvalue weighted by molar-refractivity contribution is 5.84. The minimum absolute atomic E-state index is 0.0671. The number of aromatic nitrogens is 4. The molecule has 158 valence electrons. The molecule has 0 saturated carbocycles. The molecule has 1 saturated heterocycles. The van der Waals surface area contributed by atoms with E-state index in [2.05, 4.69) is 14.9 Å². The molecule has 8 heteroatoms. The summed E-state index contributed by atoms with van der Waals surface area (Å²) in [6.07, 6.45) is 3.62. The number of fused-ring (bicyclic) bond motifs is 1. The summed E-state index contributed by atoms with van der Waals surface area (Å²) in [6.45, 7) is 3.39. The highest BCUT2D eigenvalue weighted by Gasteiger charge is 2.15. The van der Waals surface area contributed by atoms with Gasteiger partial charge in [-0.25, -0.2) is 14.4 Å². The van der Waals surface area contributed by atoms with Crippen molar-refractivity contribution in [3.8, 4) is 11.1 Å². The van der Waals surface area contributed by atoms with E-state index >= 15 is 0 Å². The van der Waals surface area contributed by atoms with Crippen molar-refractivity contribution in [3.05, 3.63) is 76.6 Å². The highest BCUT2D eigenvalue weighted by Crippen LogP contribution is 2.24. The molecule has 1 aliphatic rings. The SMILES string of the molecule is Cn1c(=O)c2ccc(-c3cnc(N4CCOCC4)nc3)cc2n1Cc1ccc(F)cc1. The monoisotopic (exact) mass is 419 g/mol. The first-order chi connectivity index (χ1) is 15.1. The summed E-state index contributed by atoms with van der Waals surface area (Å²) in [6, 6.07) is 12.0. The van der Waals surface area contributed by atoms with Crippen LogP contribution in [0.3, 0.4) is 0 Å². The van der Waals surface area contributed by atoms with E-state index in [1.807, 2.05) is 35.3 Å². The zero-order chi connectivity index (χ0) is 21.4. The Morgan fingerprint density at radius 1 is 1.00 bits per heavy atom. The normalized spacial score (nSPS) is 14.3. The fourth-order valence-corrected chi connectivity index (χ4v) is 3.90. The summed E-state index contributed by atoms with van der Waals surface area (Å²) in [7, 11) is 1.74. The fourth-order valence-electron chi connectivity index (χ4n) is 3.90. The first-order valence-corrected chi connectivity index (χ1v) is 10.2. The predicted molar refractivity (Wildman–Crippen MR) is 117 cm³/mol. The van der Waals surface area contributed by atoms with Crippen molar-refractivity contribution in [1.29, 1.82) is 0 Å². The summed E-state index contributed by atoms with van der Waals surface area (Å²) >= 11 is 0. The van der Waals surface area contributed by atoms with Gasteiger partial charge in [-0.05, 0) is 35.4 Å². The second-order valence-corrected chi connectivity index (χ2v) is 7.62. The van der Waals surface area contributed by atoms with Crippen molar-refractivity contribution in [3.63, 3.8) is 0 Å². The largest absolute Gasteiger partial charge is 0.378 e. The fraction of sp³-hybridized carbons (Fsp3) is 0.261. The van der Waals surface area contributed by atoms with Crippen molar-refractivity contribution in [2.45, 2.75) is 6.54 Å². The van der Waals surface area contributed by atoms with Gasteiger partial charge in [-0.1, -0.05) is 18.2 Å². The van der Waals surface area contributed by atoms with Gasteiger partial charge >= 0.3 is 0 Å². The van der Waals surface area contributed by atoms with Crippen LogP contribution in [0.2, 0.25) is 0 Å². The van der Waals surface area contributed by atoms with Gasteiger partial charge in [-0.15, -0.1) is 0 Å². The highest BCUT2D eigenvalue weighted by atomic mass is 19.1. The topological polar surface area (TPSA) is 65.2 Å². The Bertz CT molecular complexity index is 1270. The van der Waals surface area contributed by atoms with Gasteiger partial charge in [-0.2, -0.15) is 0 Å². The molecule has 3 heterocycles. The van der Waals surface area contributed by atoms with Crippen molar-refractivity contribution < 1.29 is 9.13 Å². The number of hydrogen-bond donors (Lipinski definition) is 0. The van der Waals surface area contributed by atoms with Crippen LogP contribution in [0.15, 0.2) is 59.7 Å². The number of anilines is 1. The van der Waals surface area contributed by atoms with E-state index in [9.17, 15) is 9.18 Å². The lowest BCUT2D eigenvalue weighted by atomic mass is 10.1. The maximum Gasteiger partial charge on any atom is 0.274 e. The van der Waals surface area contributed by atoms with Crippen molar-refractivity contribution in [2.24, 2.45) is 7.05 Å². The van der Waals surface area contributed by atoms with E-state index in [-0.39, 0.29) is 11.4 Å². The van der Waals surface area contributed by atoms with Gasteiger partial charge in [0.15, 0.2) is 0 Å². The molecular formula is C23H22FN5O2. The van der Waals surface area contributed by atoms with Crippen LogP contribution < -0.4 is 10.5 Å². The van der Waals surface area contributed by atoms with E-state index in [1.165, 1.54) is 12.1 Å². The van der Waals surface area contributed by atoms with Gasteiger partial charge in [-0.3, -0.25) is 14.2 Å². The maximum absolute atomic E-state index is 13.3. The zero-order valence-electron chi connectivity index (χ0n) is 17.2. The maximum atomic E-state index is 13.3. The summed E-state index contributed by atoms with van der Waals surface area (Å²) in [5.74, 6) is 0.416. The Hall–Kier alpha value is -3.52. The van der Waals surface area contributed by atoms with Gasteiger partial charge in [0.2, 0.25) is 5.95 Å². The van der Waals surface area contributed by atoms with Gasteiger partial charge in [0.25, 0.3) is 5.56 Å². The second-order valence-electron chi connectivity index (χ2n) is 7.62. The standard InChI is InChI=1S/C23H22FN5O2/c1-27-22(30)20-7-4-17(12-21(20)29(27)15-16-2-5-19(24)6-3-16)18-13-25-23(26-14-18)28-8-10-31-11-9-28/h2-7,12-14H,8-11,15H2,1H3. The van der Waals surface area contributed by atoms with Gasteiger partial charge in [0.05, 0.1) is 30.7 Å². The molecule has 0 aliphatic carbocycles. The van der Waals surface area contributed by atoms with Crippen molar-refractivity contribution >= 4 is 16.9 Å². The Morgan fingerprint density at radius 2 is 1.71 bits per heavy atom. The van der Waals surface area contributed by atoms with E-state index in [1.54, 1.807) is 23.9 Å². The van der Waals surface area contributed by atoms with Crippen LogP contribution in [0.5, 0.6) is 0 Å². The minimum atomic E-state index is -0.280. The number of benzene rings is 2. The third-order valence-corrected chi connectivity index (χ3v) is 5.67. The Kier molecular flexibility index (Phi) is 4.99. The molecule has 2 aromatic heterocycles. The minimum Gasteiger partial charge on any atom is -0.378 e. The van der Waals surface area contributed by atoms with Crippen LogP contribution in [-0.4, -0.2) is 45.6 Å². The molecule has 5 rings (SSSR count). The number of rotatable bonds is 4. The lowest BCUT2D eigenvalue weighted by Crippen LogP contribution is -2.37. The number of halogens is 1. The molecule has 31 heavy (non-hydrogen) atoms. The Balaban J connectivity index is 1.50. The molecular weight excluding hydrogens is 397 g/mol. The first-order valence-electron chi connectivity index (χ1n) is 10.2. The molecule has 0 atom stereocenters. The summed E-state index contributed by atoms with van der Waals surface area (Å²) in [4.78, 5) is 23.9. The predicted octanol–water partition coefficient (Wildman–Crippen LogP) is 2.82. The van der Waals surface area contributed by atoms with Crippen LogP contribution in [0.4, 0.5) is 10.3 Å². The third-order valence-electron chi connectivity index (χ3n) is 5.67. The molecule has 0 bridgehead atoms. The second kappa shape index (κ2) is 7.96. The Morgan fingerprint density at radius 3 is 2.42 bits per heavy atom. The summed E-state index contributed by atoms with van der Waals surface area (Å²) < 4.78 is 22.1. The number of morpholine rings is 1. The van der Waals surface area contributed by atoms with E-state index < -0.39 is 0 Å². The van der Waals surface area contributed by atoms with E-state index in [0.29, 0.717) is 31.1 Å². The molecule has 2 aromatic carbocycles. The molecule has 7 nitrogen and oxygen atoms in total. The lowest BCUT2D eigenvalue weighted by molar-refractivity contribution is 0.122. The van der Waals surface area contributed by atoms with Crippen molar-refractivity contribution in [2.75, 3.05) is 31.2 Å². The van der Waals surface area contributed by atoms with E-state index in [4.69, 9.17) is 4.74 Å². The van der Waals surface area contributed by atoms with E-state index in [0.717, 1.165) is 35.3 Å². The molecule has 0 unspecified atom stereocenters. The van der Waals surface area contributed by atoms with Crippen LogP contribution in [0.1, 0.15) is 5.56 Å². The molecule has 1 aliphatic heterocycles. The van der Waals surface area contributed by atoms with Gasteiger partial charge in [0, 0.05) is 38.1 Å². The van der Waals surface area contributed by atoms with Gasteiger partial charge in [0.1, 0.15) is 5.82 Å². The molecule has 4 aromatic rings. The average Bonchev–Trinajstić information content (AvgIpc) is 3.05. The summed E-state index contributed by atoms with van der Waals surface area (Å²) in [5, 5.41) is 0.638. The zero-order valence-corrected chi connectivity index (χ0v) is 17.2. The number of ether oxygens (including phenoxy) is 1. The number of nitrogens with zero attached hydrogens (tertiary/aromatic N) is 5. The van der Waals surface area contributed by atoms with Crippen LogP contribution in [0, 0.1) is 5.82 Å². The molecule has 0 radical (unpaired) electrons. The average molecular weight is 419 g/mol. The third kappa shape index (κ3) is 3.70. The lowest BCUT2D eigenvalue weighted by Gasteiger charge is -2.26. The quantitative estimate of drug-likeness (QED) is 0.509. The Labute approximate surface area is 178 Å². The smallest absolute Gasteiger partial charge is 0.274 e. The molecule has 0 amide bonds. The van der Waals surface area contributed by atoms with Crippen LogP contribution in [-0.2, 0) is 18.3 Å². The van der Waals surface area contributed by atoms with Gasteiger partial charge < -0.3 is 9.64 Å².